The molecule has 0 saturated heterocycles. The van der Waals surface area contributed by atoms with Gasteiger partial charge in [-0.1, -0.05) is 11.6 Å². The number of nitrogens with zero attached hydrogens (tertiary/aromatic N) is 2. The highest BCUT2D eigenvalue weighted by Gasteiger charge is 2.08. The van der Waals surface area contributed by atoms with Gasteiger partial charge >= 0.3 is 11.9 Å². The van der Waals surface area contributed by atoms with Crippen LogP contribution in [-0.2, 0) is 4.84 Å². The molecule has 0 atom stereocenters. The SMILES string of the molecule is O=C(ONc1ccc(N=NC(=O)c2ccco2)cc1)c1ccc(Cl)cc1. The second kappa shape index (κ2) is 8.09. The highest BCUT2D eigenvalue weighted by Crippen LogP contribution is 2.18. The fraction of sp³-hybridized carbons (Fsp3) is 0. The quantitative estimate of drug-likeness (QED) is 0.502. The number of hydrogen-bond acceptors (Lipinski definition) is 6. The summed E-state index contributed by atoms with van der Waals surface area (Å²) in [5.41, 5.74) is 3.89. The molecule has 0 aliphatic rings. The van der Waals surface area contributed by atoms with Gasteiger partial charge in [0.15, 0.2) is 5.76 Å². The molecule has 3 aromatic rings. The van der Waals surface area contributed by atoms with E-state index >= 15 is 0 Å². The highest BCUT2D eigenvalue weighted by molar-refractivity contribution is 6.30. The van der Waals surface area contributed by atoms with Gasteiger partial charge in [-0.05, 0) is 60.7 Å². The van der Waals surface area contributed by atoms with E-state index in [9.17, 15) is 9.59 Å². The zero-order valence-electron chi connectivity index (χ0n) is 13.3. The Bertz CT molecular complexity index is 920. The molecule has 0 spiro atoms. The van der Waals surface area contributed by atoms with Gasteiger partial charge in [0.25, 0.3) is 0 Å². The van der Waals surface area contributed by atoms with Crippen LogP contribution in [0.3, 0.4) is 0 Å². The summed E-state index contributed by atoms with van der Waals surface area (Å²) in [6, 6.07) is 15.9. The van der Waals surface area contributed by atoms with Crippen LogP contribution in [0.2, 0.25) is 5.02 Å². The molecule has 0 aliphatic heterocycles. The second-order valence-corrected chi connectivity index (χ2v) is 5.46. The Morgan fingerprint density at radius 3 is 2.38 bits per heavy atom. The van der Waals surface area contributed by atoms with E-state index in [1.165, 1.54) is 12.3 Å². The van der Waals surface area contributed by atoms with E-state index in [0.29, 0.717) is 22.0 Å². The van der Waals surface area contributed by atoms with E-state index in [2.05, 4.69) is 15.7 Å². The number of amides is 1. The van der Waals surface area contributed by atoms with Crippen LogP contribution in [0.5, 0.6) is 0 Å². The number of nitrogens with one attached hydrogen (secondary N) is 1. The average Bonchev–Trinajstić information content (AvgIpc) is 3.20. The lowest BCUT2D eigenvalue weighted by Gasteiger charge is -2.06. The van der Waals surface area contributed by atoms with E-state index in [1.54, 1.807) is 54.6 Å². The molecule has 7 nitrogen and oxygen atoms in total. The Kier molecular flexibility index (Phi) is 5.40. The van der Waals surface area contributed by atoms with Crippen molar-refractivity contribution in [3.63, 3.8) is 0 Å². The highest BCUT2D eigenvalue weighted by atomic mass is 35.5. The van der Waals surface area contributed by atoms with Crippen LogP contribution >= 0.6 is 11.6 Å². The van der Waals surface area contributed by atoms with Crippen molar-refractivity contribution in [3.8, 4) is 0 Å². The summed E-state index contributed by atoms with van der Waals surface area (Å²) in [5.74, 6) is -1.01. The summed E-state index contributed by atoms with van der Waals surface area (Å²) in [6.07, 6.45) is 1.38. The zero-order chi connectivity index (χ0) is 18.4. The third-order valence-electron chi connectivity index (χ3n) is 3.20. The van der Waals surface area contributed by atoms with Crippen molar-refractivity contribution < 1.29 is 18.8 Å². The standard InChI is InChI=1S/C18H12ClN3O4/c19-13-5-3-12(4-6-13)18(24)26-22-15-9-7-14(8-10-15)20-21-17(23)16-2-1-11-25-16/h1-11,22H. The molecular weight excluding hydrogens is 358 g/mol. The molecule has 0 radical (unpaired) electrons. The first-order valence-corrected chi connectivity index (χ1v) is 7.82. The van der Waals surface area contributed by atoms with Crippen LogP contribution in [0.15, 0.2) is 81.6 Å². The number of carbonyl (C=O) groups excluding carboxylic acids is 2. The minimum absolute atomic E-state index is 0.112. The Labute approximate surface area is 153 Å². The van der Waals surface area contributed by atoms with Crippen LogP contribution in [-0.4, -0.2) is 11.9 Å². The molecular formula is C18H12ClN3O4. The van der Waals surface area contributed by atoms with Crippen LogP contribution < -0.4 is 5.48 Å². The van der Waals surface area contributed by atoms with Gasteiger partial charge in [-0.2, -0.15) is 0 Å². The summed E-state index contributed by atoms with van der Waals surface area (Å²) in [5, 5.41) is 7.92. The van der Waals surface area contributed by atoms with Crippen molar-refractivity contribution in [3.05, 3.63) is 83.3 Å². The average molecular weight is 370 g/mol. The predicted octanol–water partition coefficient (Wildman–Crippen LogP) is 5.04. The number of anilines is 1. The number of halogens is 1. The molecule has 8 heteroatoms. The molecule has 0 saturated carbocycles. The maximum absolute atomic E-state index is 11.9. The van der Waals surface area contributed by atoms with Crippen LogP contribution in [0.1, 0.15) is 20.9 Å². The van der Waals surface area contributed by atoms with E-state index in [-0.39, 0.29) is 5.76 Å². The third-order valence-corrected chi connectivity index (χ3v) is 3.45. The fourth-order valence-corrected chi connectivity index (χ4v) is 2.02. The number of benzene rings is 2. The van der Waals surface area contributed by atoms with Crippen molar-refractivity contribution in [1.29, 1.82) is 0 Å². The number of carbonyl (C=O) groups is 2. The Balaban J connectivity index is 1.55. The molecule has 130 valence electrons. The molecule has 2 aromatic carbocycles. The summed E-state index contributed by atoms with van der Waals surface area (Å²) >= 11 is 5.77. The van der Waals surface area contributed by atoms with Crippen molar-refractivity contribution in [2.45, 2.75) is 0 Å². The molecule has 0 bridgehead atoms. The summed E-state index contributed by atoms with van der Waals surface area (Å²) in [4.78, 5) is 28.5. The molecule has 1 heterocycles. The van der Waals surface area contributed by atoms with Crippen LogP contribution in [0.25, 0.3) is 0 Å². The molecule has 3 rings (SSSR count). The minimum atomic E-state index is -0.575. The van der Waals surface area contributed by atoms with Crippen molar-refractivity contribution in [2.75, 3.05) is 5.48 Å². The first-order chi connectivity index (χ1) is 12.6. The first-order valence-electron chi connectivity index (χ1n) is 7.44. The smallest absolute Gasteiger partial charge is 0.362 e. The van der Waals surface area contributed by atoms with Gasteiger partial charge in [-0.25, -0.2) is 10.3 Å². The molecule has 0 aliphatic carbocycles. The Morgan fingerprint density at radius 2 is 1.73 bits per heavy atom. The first kappa shape index (κ1) is 17.4. The van der Waals surface area contributed by atoms with Gasteiger partial charge in [0.1, 0.15) is 0 Å². The molecule has 0 unspecified atom stereocenters. The topological polar surface area (TPSA) is 93.3 Å². The lowest BCUT2D eigenvalue weighted by atomic mass is 10.2. The zero-order valence-corrected chi connectivity index (χ0v) is 14.0. The molecule has 26 heavy (non-hydrogen) atoms. The lowest BCUT2D eigenvalue weighted by molar-refractivity contribution is 0.0596. The maximum atomic E-state index is 11.9. The molecule has 0 fully saturated rings. The van der Waals surface area contributed by atoms with E-state index in [0.717, 1.165) is 0 Å². The monoisotopic (exact) mass is 369 g/mol. The van der Waals surface area contributed by atoms with Gasteiger partial charge < -0.3 is 9.25 Å². The Hall–Kier alpha value is -3.45. The van der Waals surface area contributed by atoms with E-state index < -0.39 is 11.9 Å². The minimum Gasteiger partial charge on any atom is -0.459 e. The van der Waals surface area contributed by atoms with Crippen molar-refractivity contribution in [2.24, 2.45) is 10.2 Å². The fourth-order valence-electron chi connectivity index (χ4n) is 1.90. The van der Waals surface area contributed by atoms with Gasteiger partial charge in [0.05, 0.1) is 23.2 Å². The summed E-state index contributed by atoms with van der Waals surface area (Å²) in [7, 11) is 0. The van der Waals surface area contributed by atoms with Crippen molar-refractivity contribution >= 4 is 34.9 Å². The third kappa shape index (κ3) is 4.55. The molecule has 1 amide bonds. The van der Waals surface area contributed by atoms with Gasteiger partial charge in [0.2, 0.25) is 0 Å². The number of hydrogen-bond donors (Lipinski definition) is 1. The van der Waals surface area contributed by atoms with Crippen LogP contribution in [0, 0.1) is 0 Å². The van der Waals surface area contributed by atoms with Gasteiger partial charge in [0, 0.05) is 5.02 Å². The predicted molar refractivity (Wildman–Crippen MR) is 94.5 cm³/mol. The van der Waals surface area contributed by atoms with Gasteiger partial charge in [-0.15, -0.1) is 10.2 Å². The van der Waals surface area contributed by atoms with Gasteiger partial charge in [-0.3, -0.25) is 4.79 Å². The maximum Gasteiger partial charge on any atom is 0.362 e. The van der Waals surface area contributed by atoms with E-state index in [4.69, 9.17) is 20.9 Å². The Morgan fingerprint density at radius 1 is 1.00 bits per heavy atom. The normalized spacial score (nSPS) is 10.7. The number of rotatable bonds is 5. The van der Waals surface area contributed by atoms with E-state index in [1.807, 2.05) is 0 Å². The largest absolute Gasteiger partial charge is 0.459 e. The molecule has 1 aromatic heterocycles. The number of furan rings is 1. The molecule has 1 N–H and O–H groups in total. The summed E-state index contributed by atoms with van der Waals surface area (Å²) in [6.45, 7) is 0. The summed E-state index contributed by atoms with van der Waals surface area (Å²) < 4.78 is 4.93. The van der Waals surface area contributed by atoms with Crippen LogP contribution in [0.4, 0.5) is 11.4 Å². The second-order valence-electron chi connectivity index (χ2n) is 5.03. The lowest BCUT2D eigenvalue weighted by Crippen LogP contribution is -2.10. The number of azo groups is 1. The van der Waals surface area contributed by atoms with Crippen molar-refractivity contribution in [1.82, 2.24) is 0 Å².